The van der Waals surface area contributed by atoms with Crippen molar-refractivity contribution in [3.05, 3.63) is 58.5 Å². The molecule has 0 saturated carbocycles. The Balaban J connectivity index is 1.62. The van der Waals surface area contributed by atoms with E-state index in [0.29, 0.717) is 6.54 Å². The van der Waals surface area contributed by atoms with E-state index in [4.69, 9.17) is 0 Å². The van der Waals surface area contributed by atoms with Crippen LogP contribution in [0.4, 0.5) is 5.69 Å². The van der Waals surface area contributed by atoms with E-state index in [2.05, 4.69) is 15.3 Å². The molecule has 1 aromatic carbocycles. The number of rotatable bonds is 5. The normalized spacial score (nSPS) is 15.3. The number of anilines is 1. The molecule has 0 bridgehead atoms. The molecule has 1 saturated heterocycles. The fourth-order valence-electron chi connectivity index (χ4n) is 3.27. The van der Waals surface area contributed by atoms with Gasteiger partial charge in [0.2, 0.25) is 5.91 Å². The fraction of sp³-hybridized carbons (Fsp3) is 0.450. The van der Waals surface area contributed by atoms with Crippen molar-refractivity contribution < 1.29 is 4.79 Å². The number of piperidine rings is 1. The Kier molecular flexibility index (Phi) is 5.71. The largest absolute Gasteiger partial charge is 0.370 e. The van der Waals surface area contributed by atoms with Crippen LogP contribution in [0.5, 0.6) is 0 Å². The quantitative estimate of drug-likeness (QED) is 0.892. The van der Waals surface area contributed by atoms with Crippen molar-refractivity contribution in [1.29, 1.82) is 0 Å². The number of amides is 1. The lowest BCUT2D eigenvalue weighted by atomic mass is 9.95. The molecule has 6 nitrogen and oxygen atoms in total. The third-order valence-electron chi connectivity index (χ3n) is 4.69. The minimum Gasteiger partial charge on any atom is -0.370 e. The van der Waals surface area contributed by atoms with Gasteiger partial charge in [-0.3, -0.25) is 9.59 Å². The molecule has 26 heavy (non-hydrogen) atoms. The van der Waals surface area contributed by atoms with Gasteiger partial charge in [0.05, 0.1) is 18.4 Å². The van der Waals surface area contributed by atoms with E-state index in [1.807, 2.05) is 44.2 Å². The van der Waals surface area contributed by atoms with Gasteiger partial charge >= 0.3 is 0 Å². The summed E-state index contributed by atoms with van der Waals surface area (Å²) in [6.45, 7) is 5.95. The number of carbonyl (C=O) groups excluding carboxylic acids is 1. The number of carbonyl (C=O) groups is 1. The number of benzene rings is 1. The maximum absolute atomic E-state index is 12.4. The van der Waals surface area contributed by atoms with Gasteiger partial charge in [-0.1, -0.05) is 30.3 Å². The molecule has 0 unspecified atom stereocenters. The predicted octanol–water partition coefficient (Wildman–Crippen LogP) is 2.03. The summed E-state index contributed by atoms with van der Waals surface area (Å²) in [5.74, 6) is 0.191. The molecule has 0 atom stereocenters. The van der Waals surface area contributed by atoms with Crippen molar-refractivity contribution in [3.63, 3.8) is 0 Å². The zero-order chi connectivity index (χ0) is 18.5. The van der Waals surface area contributed by atoms with E-state index >= 15 is 0 Å². The Morgan fingerprint density at radius 1 is 1.23 bits per heavy atom. The molecule has 1 aliphatic rings. The summed E-state index contributed by atoms with van der Waals surface area (Å²) in [4.78, 5) is 26.7. The lowest BCUT2D eigenvalue weighted by Gasteiger charge is -2.33. The number of aromatic nitrogens is 2. The molecule has 1 fully saturated rings. The van der Waals surface area contributed by atoms with E-state index in [1.165, 1.54) is 4.68 Å². The van der Waals surface area contributed by atoms with Crippen LogP contribution >= 0.6 is 0 Å². The van der Waals surface area contributed by atoms with E-state index in [9.17, 15) is 9.59 Å². The first kappa shape index (κ1) is 18.2. The highest BCUT2D eigenvalue weighted by Gasteiger charge is 2.25. The Morgan fingerprint density at radius 2 is 1.92 bits per heavy atom. The van der Waals surface area contributed by atoms with Gasteiger partial charge in [0.1, 0.15) is 0 Å². The van der Waals surface area contributed by atoms with Gasteiger partial charge in [-0.05, 0) is 32.3 Å². The van der Waals surface area contributed by atoms with Crippen molar-refractivity contribution in [1.82, 2.24) is 15.1 Å². The minimum atomic E-state index is -0.106. The molecule has 1 aromatic heterocycles. The summed E-state index contributed by atoms with van der Waals surface area (Å²) in [6.07, 6.45) is 3.34. The molecular weight excluding hydrogens is 328 g/mol. The van der Waals surface area contributed by atoms with E-state index in [-0.39, 0.29) is 23.4 Å². The molecule has 3 rings (SSSR count). The molecule has 0 spiro atoms. The van der Waals surface area contributed by atoms with Gasteiger partial charge in [0, 0.05) is 31.1 Å². The zero-order valence-corrected chi connectivity index (χ0v) is 15.4. The topological polar surface area (TPSA) is 67.2 Å². The Hall–Kier alpha value is -2.63. The zero-order valence-electron chi connectivity index (χ0n) is 15.4. The molecule has 2 aromatic rings. The number of hydrogen-bond donors (Lipinski definition) is 1. The Labute approximate surface area is 153 Å². The minimum absolute atomic E-state index is 0.0556. The van der Waals surface area contributed by atoms with Crippen LogP contribution in [0.15, 0.2) is 47.4 Å². The lowest BCUT2D eigenvalue weighted by molar-refractivity contribution is -0.126. The van der Waals surface area contributed by atoms with E-state index in [0.717, 1.165) is 37.2 Å². The average molecular weight is 354 g/mol. The molecule has 1 amide bonds. The number of nitrogens with zero attached hydrogens (tertiary/aromatic N) is 3. The average Bonchev–Trinajstić information content (AvgIpc) is 2.64. The first-order chi connectivity index (χ1) is 12.5. The van der Waals surface area contributed by atoms with Crippen LogP contribution < -0.4 is 15.8 Å². The molecule has 1 aliphatic heterocycles. The summed E-state index contributed by atoms with van der Waals surface area (Å²) in [7, 11) is 0. The van der Waals surface area contributed by atoms with Crippen molar-refractivity contribution in [2.24, 2.45) is 5.92 Å². The van der Waals surface area contributed by atoms with Crippen LogP contribution in [-0.4, -0.2) is 34.8 Å². The van der Waals surface area contributed by atoms with Crippen molar-refractivity contribution in [2.45, 2.75) is 39.3 Å². The molecule has 2 heterocycles. The summed E-state index contributed by atoms with van der Waals surface area (Å²) < 4.78 is 1.47. The summed E-state index contributed by atoms with van der Waals surface area (Å²) >= 11 is 0. The molecule has 1 N–H and O–H groups in total. The van der Waals surface area contributed by atoms with Gasteiger partial charge < -0.3 is 10.2 Å². The Morgan fingerprint density at radius 3 is 2.54 bits per heavy atom. The summed E-state index contributed by atoms with van der Waals surface area (Å²) in [5, 5.41) is 7.31. The van der Waals surface area contributed by atoms with Gasteiger partial charge in [0.25, 0.3) is 5.56 Å². The van der Waals surface area contributed by atoms with E-state index in [1.54, 1.807) is 12.3 Å². The smallest absolute Gasteiger partial charge is 0.269 e. The second kappa shape index (κ2) is 8.17. The van der Waals surface area contributed by atoms with Gasteiger partial charge in [-0.2, -0.15) is 5.10 Å². The summed E-state index contributed by atoms with van der Waals surface area (Å²) in [5.41, 5.74) is 1.78. The second-order valence-electron chi connectivity index (χ2n) is 7.12. The predicted molar refractivity (Wildman–Crippen MR) is 102 cm³/mol. The lowest BCUT2D eigenvalue weighted by Crippen LogP contribution is -2.42. The third-order valence-corrected chi connectivity index (χ3v) is 4.69. The first-order valence-corrected chi connectivity index (χ1v) is 9.19. The fourth-order valence-corrected chi connectivity index (χ4v) is 3.27. The molecule has 138 valence electrons. The molecule has 0 radical (unpaired) electrons. The highest BCUT2D eigenvalue weighted by atomic mass is 16.2. The van der Waals surface area contributed by atoms with Crippen LogP contribution in [0.3, 0.4) is 0 Å². The highest BCUT2D eigenvalue weighted by molar-refractivity contribution is 5.79. The van der Waals surface area contributed by atoms with Crippen molar-refractivity contribution in [3.8, 4) is 0 Å². The molecule has 6 heteroatoms. The van der Waals surface area contributed by atoms with Gasteiger partial charge in [-0.15, -0.1) is 0 Å². The maximum Gasteiger partial charge on any atom is 0.269 e. The monoisotopic (exact) mass is 354 g/mol. The maximum atomic E-state index is 12.4. The highest BCUT2D eigenvalue weighted by Crippen LogP contribution is 2.22. The van der Waals surface area contributed by atoms with Crippen molar-refractivity contribution >= 4 is 11.6 Å². The van der Waals surface area contributed by atoms with Gasteiger partial charge in [-0.25, -0.2) is 4.68 Å². The molecular formula is C20H26N4O2. The van der Waals surface area contributed by atoms with Crippen LogP contribution in [0.1, 0.15) is 32.3 Å². The molecule has 0 aliphatic carbocycles. The van der Waals surface area contributed by atoms with Crippen LogP contribution in [0.2, 0.25) is 0 Å². The number of nitrogens with one attached hydrogen (secondary N) is 1. The first-order valence-electron chi connectivity index (χ1n) is 9.19. The van der Waals surface area contributed by atoms with Gasteiger partial charge in [0.15, 0.2) is 0 Å². The van der Waals surface area contributed by atoms with Crippen LogP contribution in [0, 0.1) is 5.92 Å². The van der Waals surface area contributed by atoms with E-state index < -0.39 is 0 Å². The second-order valence-corrected chi connectivity index (χ2v) is 7.12. The van der Waals surface area contributed by atoms with Crippen LogP contribution in [0.25, 0.3) is 0 Å². The third kappa shape index (κ3) is 4.50. The Bertz CT molecular complexity index is 793. The van der Waals surface area contributed by atoms with Crippen molar-refractivity contribution in [2.75, 3.05) is 18.0 Å². The standard InChI is InChI=1S/C20H26N4O2/c1-15(2)22-20(26)17-8-10-23(11-9-17)18-12-19(25)24(21-13-18)14-16-6-4-3-5-7-16/h3-7,12-13,15,17H,8-11,14H2,1-2H3,(H,22,26). The SMILES string of the molecule is CC(C)NC(=O)C1CCN(c2cnn(Cc3ccccc3)c(=O)c2)CC1. The number of hydrogen-bond acceptors (Lipinski definition) is 4. The summed E-state index contributed by atoms with van der Waals surface area (Å²) in [6, 6.07) is 11.6. The van der Waals surface area contributed by atoms with Crippen LogP contribution in [-0.2, 0) is 11.3 Å².